The van der Waals surface area contributed by atoms with E-state index in [2.05, 4.69) is 16.9 Å². The van der Waals surface area contributed by atoms with Crippen molar-refractivity contribution in [3.63, 3.8) is 0 Å². The summed E-state index contributed by atoms with van der Waals surface area (Å²) >= 11 is 0. The van der Waals surface area contributed by atoms with E-state index in [1.807, 2.05) is 11.9 Å². The van der Waals surface area contributed by atoms with Crippen LogP contribution in [-0.2, 0) is 0 Å². The average Bonchev–Trinajstić information content (AvgIpc) is 2.18. The van der Waals surface area contributed by atoms with Gasteiger partial charge in [0, 0.05) is 13.6 Å². The van der Waals surface area contributed by atoms with Gasteiger partial charge in [-0.15, -0.1) is 0 Å². The largest absolute Gasteiger partial charge is 0.479 e. The summed E-state index contributed by atoms with van der Waals surface area (Å²) in [7, 11) is 3.49. The molecule has 0 aliphatic heterocycles. The van der Waals surface area contributed by atoms with Crippen molar-refractivity contribution in [3.8, 4) is 5.88 Å². The van der Waals surface area contributed by atoms with E-state index >= 15 is 0 Å². The number of hydrogen-bond donors (Lipinski definition) is 1. The van der Waals surface area contributed by atoms with Gasteiger partial charge in [-0.25, -0.2) is 4.98 Å². The van der Waals surface area contributed by atoms with Gasteiger partial charge < -0.3 is 15.4 Å². The molecule has 78 valence electrons. The summed E-state index contributed by atoms with van der Waals surface area (Å²) < 4.78 is 5.01. The first kappa shape index (κ1) is 10.6. The molecule has 0 saturated carbocycles. The lowest BCUT2D eigenvalue weighted by Crippen LogP contribution is -2.20. The summed E-state index contributed by atoms with van der Waals surface area (Å²) in [5.74, 6) is 1.15. The zero-order valence-electron chi connectivity index (χ0n) is 8.82. The van der Waals surface area contributed by atoms with E-state index in [0.717, 1.165) is 18.8 Å². The number of nitrogens with zero attached hydrogens (tertiary/aromatic N) is 3. The molecule has 0 amide bonds. The second-order valence-corrected chi connectivity index (χ2v) is 3.04. The molecule has 0 radical (unpaired) electrons. The third-order valence-electron chi connectivity index (χ3n) is 1.94. The van der Waals surface area contributed by atoms with Gasteiger partial charge in [-0.05, 0) is 6.42 Å². The van der Waals surface area contributed by atoms with Gasteiger partial charge in [0.1, 0.15) is 12.0 Å². The monoisotopic (exact) mass is 196 g/mol. The topological polar surface area (TPSA) is 64.3 Å². The Kier molecular flexibility index (Phi) is 3.50. The molecule has 14 heavy (non-hydrogen) atoms. The van der Waals surface area contributed by atoms with Crippen LogP contribution in [0.2, 0.25) is 0 Å². The van der Waals surface area contributed by atoms with E-state index < -0.39 is 0 Å². The van der Waals surface area contributed by atoms with Gasteiger partial charge in [-0.1, -0.05) is 6.92 Å². The maximum absolute atomic E-state index is 5.83. The number of ether oxygens (including phenoxy) is 1. The number of nitrogens with two attached hydrogens (primary N) is 1. The minimum atomic E-state index is 0.429. The highest BCUT2D eigenvalue weighted by molar-refractivity contribution is 5.67. The van der Waals surface area contributed by atoms with Crippen LogP contribution in [0.3, 0.4) is 0 Å². The van der Waals surface area contributed by atoms with Crippen LogP contribution in [0.25, 0.3) is 0 Å². The van der Waals surface area contributed by atoms with E-state index in [0.29, 0.717) is 11.6 Å². The smallest absolute Gasteiger partial charge is 0.242 e. The molecule has 0 saturated heterocycles. The summed E-state index contributed by atoms with van der Waals surface area (Å²) in [5.41, 5.74) is 6.32. The van der Waals surface area contributed by atoms with Crippen LogP contribution in [-0.4, -0.2) is 30.7 Å². The highest BCUT2D eigenvalue weighted by Gasteiger charge is 2.11. The van der Waals surface area contributed by atoms with Gasteiger partial charge in [0.15, 0.2) is 5.82 Å². The minimum Gasteiger partial charge on any atom is -0.479 e. The molecular weight excluding hydrogens is 180 g/mol. The van der Waals surface area contributed by atoms with Gasteiger partial charge in [0.2, 0.25) is 5.88 Å². The van der Waals surface area contributed by atoms with Gasteiger partial charge in [-0.3, -0.25) is 0 Å². The lowest BCUT2D eigenvalue weighted by Gasteiger charge is -2.19. The van der Waals surface area contributed by atoms with Crippen molar-refractivity contribution in [2.75, 3.05) is 31.3 Å². The molecule has 0 aromatic carbocycles. The highest BCUT2D eigenvalue weighted by Crippen LogP contribution is 2.26. The van der Waals surface area contributed by atoms with E-state index in [-0.39, 0.29) is 0 Å². The van der Waals surface area contributed by atoms with Crippen LogP contribution in [0, 0.1) is 0 Å². The van der Waals surface area contributed by atoms with Crippen LogP contribution >= 0.6 is 0 Å². The zero-order chi connectivity index (χ0) is 10.6. The van der Waals surface area contributed by atoms with Crippen molar-refractivity contribution in [2.24, 2.45) is 0 Å². The number of nitrogen functional groups attached to an aromatic ring is 1. The standard InChI is InChI=1S/C9H16N4O/c1-4-5-13(2)8-7(10)9(14-3)12-6-11-8/h6H,4-5,10H2,1-3H3. The summed E-state index contributed by atoms with van der Waals surface area (Å²) in [6.45, 7) is 3.01. The fourth-order valence-corrected chi connectivity index (χ4v) is 1.28. The molecular formula is C9H16N4O. The van der Waals surface area contributed by atoms with Crippen molar-refractivity contribution in [1.82, 2.24) is 9.97 Å². The predicted molar refractivity (Wildman–Crippen MR) is 56.6 cm³/mol. The lowest BCUT2D eigenvalue weighted by atomic mass is 10.4. The SMILES string of the molecule is CCCN(C)c1ncnc(OC)c1N. The maximum Gasteiger partial charge on any atom is 0.242 e. The molecule has 1 rings (SSSR count). The van der Waals surface area contributed by atoms with Crippen LogP contribution in [0.4, 0.5) is 11.5 Å². The molecule has 0 aliphatic rings. The first-order valence-electron chi connectivity index (χ1n) is 4.56. The summed E-state index contributed by atoms with van der Waals surface area (Å²) in [4.78, 5) is 10.0. The third-order valence-corrected chi connectivity index (χ3v) is 1.94. The molecule has 1 aromatic rings. The molecule has 0 spiro atoms. The van der Waals surface area contributed by atoms with E-state index in [4.69, 9.17) is 10.5 Å². The molecule has 0 bridgehead atoms. The fraction of sp³-hybridized carbons (Fsp3) is 0.556. The number of methoxy groups -OCH3 is 1. The number of hydrogen-bond acceptors (Lipinski definition) is 5. The van der Waals surface area contributed by atoms with Crippen LogP contribution in [0.1, 0.15) is 13.3 Å². The van der Waals surface area contributed by atoms with E-state index in [1.54, 1.807) is 7.11 Å². The first-order valence-corrected chi connectivity index (χ1v) is 4.56. The Morgan fingerprint density at radius 2 is 2.21 bits per heavy atom. The van der Waals surface area contributed by atoms with Crippen LogP contribution < -0.4 is 15.4 Å². The van der Waals surface area contributed by atoms with Crippen LogP contribution in [0.5, 0.6) is 5.88 Å². The lowest BCUT2D eigenvalue weighted by molar-refractivity contribution is 0.399. The second kappa shape index (κ2) is 4.64. The normalized spacial score (nSPS) is 9.93. The molecule has 5 nitrogen and oxygen atoms in total. The number of rotatable bonds is 4. The van der Waals surface area contributed by atoms with Crippen molar-refractivity contribution < 1.29 is 4.74 Å². The van der Waals surface area contributed by atoms with Crippen molar-refractivity contribution in [3.05, 3.63) is 6.33 Å². The summed E-state index contributed by atoms with van der Waals surface area (Å²) in [5, 5.41) is 0. The molecule has 0 unspecified atom stereocenters. The van der Waals surface area contributed by atoms with Gasteiger partial charge >= 0.3 is 0 Å². The Bertz CT molecular complexity index is 303. The predicted octanol–water partition coefficient (Wildman–Crippen LogP) is 0.914. The molecule has 1 heterocycles. The maximum atomic E-state index is 5.83. The molecule has 0 fully saturated rings. The number of aromatic nitrogens is 2. The van der Waals surface area contributed by atoms with Gasteiger partial charge in [0.05, 0.1) is 7.11 Å². The van der Waals surface area contributed by atoms with Crippen molar-refractivity contribution >= 4 is 11.5 Å². The number of anilines is 2. The first-order chi connectivity index (χ1) is 6.70. The quantitative estimate of drug-likeness (QED) is 0.775. The second-order valence-electron chi connectivity index (χ2n) is 3.04. The van der Waals surface area contributed by atoms with E-state index in [9.17, 15) is 0 Å². The Labute approximate surface area is 83.9 Å². The summed E-state index contributed by atoms with van der Waals surface area (Å²) in [6.07, 6.45) is 2.50. The molecule has 1 aromatic heterocycles. The fourth-order valence-electron chi connectivity index (χ4n) is 1.28. The Hall–Kier alpha value is -1.52. The molecule has 0 aliphatic carbocycles. The molecule has 2 N–H and O–H groups in total. The Morgan fingerprint density at radius 3 is 2.79 bits per heavy atom. The Balaban J connectivity index is 2.96. The van der Waals surface area contributed by atoms with Crippen LogP contribution in [0.15, 0.2) is 6.33 Å². The van der Waals surface area contributed by atoms with Crippen molar-refractivity contribution in [1.29, 1.82) is 0 Å². The molecule has 5 heteroatoms. The minimum absolute atomic E-state index is 0.429. The molecule has 0 atom stereocenters. The van der Waals surface area contributed by atoms with Gasteiger partial charge in [-0.2, -0.15) is 4.98 Å². The van der Waals surface area contributed by atoms with Crippen molar-refractivity contribution in [2.45, 2.75) is 13.3 Å². The third kappa shape index (κ3) is 2.04. The summed E-state index contributed by atoms with van der Waals surface area (Å²) in [6, 6.07) is 0. The van der Waals surface area contributed by atoms with Gasteiger partial charge in [0.25, 0.3) is 0 Å². The average molecular weight is 196 g/mol. The highest BCUT2D eigenvalue weighted by atomic mass is 16.5. The zero-order valence-corrected chi connectivity index (χ0v) is 8.82. The van der Waals surface area contributed by atoms with E-state index in [1.165, 1.54) is 6.33 Å². The Morgan fingerprint density at radius 1 is 1.50 bits per heavy atom.